The van der Waals surface area contributed by atoms with Gasteiger partial charge in [-0.25, -0.2) is 0 Å². The maximum atomic E-state index is 11.8. The van der Waals surface area contributed by atoms with Gasteiger partial charge in [0.05, 0.1) is 7.11 Å². The van der Waals surface area contributed by atoms with Gasteiger partial charge in [0.25, 0.3) is 0 Å². The second kappa shape index (κ2) is 15.9. The summed E-state index contributed by atoms with van der Waals surface area (Å²) in [4.78, 5) is 11.8. The maximum absolute atomic E-state index is 11.8. The lowest BCUT2D eigenvalue weighted by molar-refractivity contribution is -0.141. The number of rotatable bonds is 17. The Hall–Kier alpha value is -0.690. The minimum Gasteiger partial charge on any atom is -0.469 e. The molecule has 0 aromatic heterocycles. The fourth-order valence-electron chi connectivity index (χ4n) is 10.6. The van der Waals surface area contributed by atoms with E-state index in [0.29, 0.717) is 23.2 Å². The molecule has 3 unspecified atom stereocenters. The highest BCUT2D eigenvalue weighted by atomic mass is 16.5. The monoisotopic (exact) mass is 575 g/mol. The molecule has 9 atom stereocenters. The van der Waals surface area contributed by atoms with Gasteiger partial charge >= 0.3 is 5.97 Å². The van der Waals surface area contributed by atoms with E-state index in [4.69, 9.17) is 10.5 Å². The minimum atomic E-state index is -0.0398. The van der Waals surface area contributed by atoms with Gasteiger partial charge in [-0.05, 0) is 175 Å². The van der Waals surface area contributed by atoms with Crippen molar-refractivity contribution in [2.75, 3.05) is 46.4 Å². The van der Waals surface area contributed by atoms with Crippen molar-refractivity contribution in [2.45, 2.75) is 123 Å². The Kier molecular flexibility index (Phi) is 12.8. The van der Waals surface area contributed by atoms with Crippen molar-refractivity contribution in [1.29, 1.82) is 0 Å². The molecule has 0 bridgehead atoms. The Morgan fingerprint density at radius 2 is 1.54 bits per heavy atom. The summed E-state index contributed by atoms with van der Waals surface area (Å²) >= 11 is 0. The van der Waals surface area contributed by atoms with Crippen LogP contribution in [0.2, 0.25) is 0 Å². The molecule has 4 aliphatic rings. The number of methoxy groups -OCH3 is 1. The average Bonchev–Trinajstić information content (AvgIpc) is 3.33. The molecular formula is C35H66N4O2. The molecule has 238 valence electrons. The van der Waals surface area contributed by atoms with E-state index in [1.165, 1.54) is 84.2 Å². The van der Waals surface area contributed by atoms with Gasteiger partial charge in [0.2, 0.25) is 0 Å². The topological polar surface area (TPSA) is 88.4 Å². The van der Waals surface area contributed by atoms with E-state index in [2.05, 4.69) is 36.7 Å². The summed E-state index contributed by atoms with van der Waals surface area (Å²) in [6.07, 6.45) is 19.2. The van der Waals surface area contributed by atoms with Crippen LogP contribution in [0.3, 0.4) is 0 Å². The van der Waals surface area contributed by atoms with Crippen molar-refractivity contribution in [1.82, 2.24) is 16.0 Å². The van der Waals surface area contributed by atoms with Crippen molar-refractivity contribution in [3.63, 3.8) is 0 Å². The van der Waals surface area contributed by atoms with Crippen LogP contribution in [-0.4, -0.2) is 58.4 Å². The van der Waals surface area contributed by atoms with Crippen molar-refractivity contribution < 1.29 is 9.53 Å². The van der Waals surface area contributed by atoms with Crippen LogP contribution in [0.25, 0.3) is 0 Å². The third-order valence-corrected chi connectivity index (χ3v) is 12.9. The summed E-state index contributed by atoms with van der Waals surface area (Å²) in [7, 11) is 1.52. The fourth-order valence-corrected chi connectivity index (χ4v) is 10.6. The fraction of sp³-hybridized carbons (Fsp3) is 0.971. The van der Waals surface area contributed by atoms with Gasteiger partial charge < -0.3 is 26.4 Å². The van der Waals surface area contributed by atoms with Crippen molar-refractivity contribution in [3.8, 4) is 0 Å². The number of fused-ring (bicyclic) bond motifs is 5. The lowest BCUT2D eigenvalue weighted by Crippen LogP contribution is -2.55. The highest BCUT2D eigenvalue weighted by Crippen LogP contribution is 2.68. The van der Waals surface area contributed by atoms with E-state index in [9.17, 15) is 4.79 Å². The molecular weight excluding hydrogens is 508 g/mol. The Morgan fingerprint density at radius 3 is 2.27 bits per heavy atom. The van der Waals surface area contributed by atoms with Gasteiger partial charge in [0.1, 0.15) is 0 Å². The highest BCUT2D eigenvalue weighted by Gasteiger charge is 2.60. The first-order valence-electron chi connectivity index (χ1n) is 17.7. The number of unbranched alkanes of at least 4 members (excludes halogenated alkanes) is 1. The largest absolute Gasteiger partial charge is 0.469 e. The quantitative estimate of drug-likeness (QED) is 0.128. The molecule has 4 saturated carbocycles. The number of nitrogens with two attached hydrogens (primary N) is 1. The molecule has 0 radical (unpaired) electrons. The zero-order valence-corrected chi connectivity index (χ0v) is 27.3. The van der Waals surface area contributed by atoms with Crippen LogP contribution in [0.5, 0.6) is 0 Å². The molecule has 6 nitrogen and oxygen atoms in total. The average molecular weight is 575 g/mol. The molecule has 4 rings (SSSR count). The third-order valence-electron chi connectivity index (χ3n) is 12.9. The van der Waals surface area contributed by atoms with Crippen LogP contribution in [0.1, 0.15) is 117 Å². The van der Waals surface area contributed by atoms with Crippen molar-refractivity contribution >= 4 is 5.97 Å². The highest BCUT2D eigenvalue weighted by molar-refractivity contribution is 5.69. The Bertz CT molecular complexity index is 794. The number of carbonyl (C=O) groups excluding carboxylic acids is 1. The minimum absolute atomic E-state index is 0.0398. The van der Waals surface area contributed by atoms with E-state index < -0.39 is 0 Å². The molecule has 0 aliphatic heterocycles. The molecule has 0 aromatic carbocycles. The van der Waals surface area contributed by atoms with Gasteiger partial charge in [-0.2, -0.15) is 0 Å². The summed E-state index contributed by atoms with van der Waals surface area (Å²) in [5.41, 5.74) is 6.57. The Labute approximate surface area is 252 Å². The van der Waals surface area contributed by atoms with Gasteiger partial charge in [0.15, 0.2) is 0 Å². The summed E-state index contributed by atoms with van der Waals surface area (Å²) in [6.45, 7) is 14.1. The maximum Gasteiger partial charge on any atom is 0.305 e. The number of esters is 1. The van der Waals surface area contributed by atoms with Crippen molar-refractivity contribution in [2.24, 2.45) is 52.1 Å². The van der Waals surface area contributed by atoms with Gasteiger partial charge in [-0.1, -0.05) is 20.8 Å². The van der Waals surface area contributed by atoms with Crippen LogP contribution in [0.4, 0.5) is 0 Å². The van der Waals surface area contributed by atoms with Crippen LogP contribution < -0.4 is 21.7 Å². The number of hydrogen-bond donors (Lipinski definition) is 4. The zero-order chi connectivity index (χ0) is 29.3. The van der Waals surface area contributed by atoms with Gasteiger partial charge in [-0.3, -0.25) is 4.79 Å². The summed E-state index contributed by atoms with van der Waals surface area (Å²) in [6, 6.07) is 0.726. The Balaban J connectivity index is 1.16. The smallest absolute Gasteiger partial charge is 0.305 e. The second-order valence-corrected chi connectivity index (χ2v) is 15.1. The lowest BCUT2D eigenvalue weighted by Gasteiger charge is -2.61. The van der Waals surface area contributed by atoms with Gasteiger partial charge in [0, 0.05) is 12.5 Å². The first-order valence-corrected chi connectivity index (χ1v) is 17.7. The molecule has 0 saturated heterocycles. The normalized spacial score (nSPS) is 37.2. The molecule has 5 N–H and O–H groups in total. The summed E-state index contributed by atoms with van der Waals surface area (Å²) < 4.78 is 4.94. The predicted octanol–water partition coefficient (Wildman–Crippen LogP) is 5.89. The third kappa shape index (κ3) is 8.08. The van der Waals surface area contributed by atoms with Crippen LogP contribution in [0.15, 0.2) is 0 Å². The molecule has 4 fully saturated rings. The van der Waals surface area contributed by atoms with Crippen LogP contribution in [-0.2, 0) is 9.53 Å². The molecule has 6 heteroatoms. The van der Waals surface area contributed by atoms with E-state index in [1.807, 2.05) is 0 Å². The molecule has 4 aliphatic carbocycles. The first kappa shape index (κ1) is 33.2. The number of nitrogens with one attached hydrogen (secondary N) is 3. The molecule has 0 heterocycles. The SMILES string of the molecule is COC(=O)CC[C@@H](C)[C@H]1CCC2C3CC[C@H]4C[C@@H](NCCCNCCCCNCCCN)CC[C@]4(C)C3CC[C@@]21C. The molecule has 0 spiro atoms. The lowest BCUT2D eigenvalue weighted by atomic mass is 9.44. The van der Waals surface area contributed by atoms with E-state index in [-0.39, 0.29) is 5.97 Å². The predicted molar refractivity (Wildman–Crippen MR) is 171 cm³/mol. The Morgan fingerprint density at radius 1 is 0.854 bits per heavy atom. The van der Waals surface area contributed by atoms with Gasteiger partial charge in [-0.15, -0.1) is 0 Å². The molecule has 0 amide bonds. The number of hydrogen-bond acceptors (Lipinski definition) is 6. The molecule has 41 heavy (non-hydrogen) atoms. The van der Waals surface area contributed by atoms with Crippen molar-refractivity contribution in [3.05, 3.63) is 0 Å². The van der Waals surface area contributed by atoms with E-state index >= 15 is 0 Å². The van der Waals surface area contributed by atoms with E-state index in [0.717, 1.165) is 87.7 Å². The first-order chi connectivity index (χ1) is 19.8. The number of carbonyl (C=O) groups is 1. The second-order valence-electron chi connectivity index (χ2n) is 15.1. The number of ether oxygens (including phenoxy) is 1. The summed E-state index contributed by atoms with van der Waals surface area (Å²) in [5.74, 6) is 5.05. The molecule has 0 aromatic rings. The standard InChI is InChI=1S/C35H66N4O2/c1-26(9-14-33(40)41-4)30-12-13-31-29-11-10-27-25-28(15-17-34(27,2)32(29)16-18-35(30,31)3)39-24-8-23-38-21-6-5-20-37-22-7-19-36/h26-32,37-39H,5-25,36H2,1-4H3/t26-,27+,28+,29?,30-,31?,32?,34+,35-/m1/s1. The van der Waals surface area contributed by atoms with Crippen LogP contribution in [0, 0.1) is 46.3 Å². The van der Waals surface area contributed by atoms with Crippen LogP contribution >= 0.6 is 0 Å². The summed E-state index contributed by atoms with van der Waals surface area (Å²) in [5, 5.41) is 11.1. The zero-order valence-electron chi connectivity index (χ0n) is 27.3. The van der Waals surface area contributed by atoms with E-state index in [1.54, 1.807) is 0 Å².